The van der Waals surface area contributed by atoms with E-state index < -0.39 is 11.7 Å². The second kappa shape index (κ2) is 17.0. The average Bonchev–Trinajstić information content (AvgIpc) is 3.14. The van der Waals surface area contributed by atoms with E-state index in [1.165, 1.54) is 5.56 Å². The fourth-order valence-electron chi connectivity index (χ4n) is 7.38. The number of aliphatic hydroxyl groups is 1. The summed E-state index contributed by atoms with van der Waals surface area (Å²) in [6.45, 7) is 6.64. The van der Waals surface area contributed by atoms with Crippen molar-refractivity contribution in [2.24, 2.45) is 11.8 Å². The largest absolute Gasteiger partial charge is 0.391 e. The van der Waals surface area contributed by atoms with Gasteiger partial charge < -0.3 is 19.3 Å². The minimum Gasteiger partial charge on any atom is -0.391 e. The van der Waals surface area contributed by atoms with E-state index in [4.69, 9.17) is 14.2 Å². The Morgan fingerprint density at radius 3 is 1.73 bits per heavy atom. The molecule has 0 amide bonds. The van der Waals surface area contributed by atoms with Crippen LogP contribution in [0.5, 0.6) is 0 Å². The predicted molar refractivity (Wildman–Crippen MR) is 196 cm³/mol. The molecule has 0 spiro atoms. The highest BCUT2D eigenvalue weighted by atomic mass is 16.5. The predicted octanol–water partition coefficient (Wildman–Crippen LogP) is 8.07. The molecular weight excluding hydrogens is 606 g/mol. The Labute approximate surface area is 292 Å². The molecular formula is C44H49NO4. The highest BCUT2D eigenvalue weighted by molar-refractivity contribution is 5.47. The molecule has 5 heteroatoms. The van der Waals surface area contributed by atoms with Gasteiger partial charge in [0.25, 0.3) is 0 Å². The molecule has 5 nitrogen and oxygen atoms in total. The SMILES string of the molecule is COCC(C)COCc1ccc([C@H]2[C@H](COC(c3ccccc3)(c3ccccc3)c3ccccc3)CN(Cc3ccccc3)C[C@@H]2O)cc1. The Kier molecular flexibility index (Phi) is 12.1. The lowest BCUT2D eigenvalue weighted by molar-refractivity contribution is -0.0570. The van der Waals surface area contributed by atoms with Crippen LogP contribution in [0.4, 0.5) is 0 Å². The van der Waals surface area contributed by atoms with Gasteiger partial charge in [-0.1, -0.05) is 153 Å². The van der Waals surface area contributed by atoms with Crippen LogP contribution in [0.2, 0.25) is 0 Å². The van der Waals surface area contributed by atoms with E-state index in [9.17, 15) is 5.11 Å². The minimum atomic E-state index is -0.831. The zero-order valence-corrected chi connectivity index (χ0v) is 28.7. The third-order valence-electron chi connectivity index (χ3n) is 9.65. The van der Waals surface area contributed by atoms with Crippen LogP contribution in [-0.2, 0) is 33.0 Å². The molecule has 1 N–H and O–H groups in total. The minimum absolute atomic E-state index is 0.0277. The molecule has 1 fully saturated rings. The maximum absolute atomic E-state index is 11.9. The van der Waals surface area contributed by atoms with Crippen molar-refractivity contribution in [3.63, 3.8) is 0 Å². The molecule has 0 aliphatic carbocycles. The van der Waals surface area contributed by atoms with Gasteiger partial charge in [0.05, 0.1) is 32.5 Å². The summed E-state index contributed by atoms with van der Waals surface area (Å²) in [5, 5.41) is 11.9. The summed E-state index contributed by atoms with van der Waals surface area (Å²) in [5.74, 6) is 0.278. The molecule has 4 atom stereocenters. The lowest BCUT2D eigenvalue weighted by Gasteiger charge is -2.44. The first-order chi connectivity index (χ1) is 24.1. The molecule has 5 aromatic carbocycles. The van der Waals surface area contributed by atoms with Gasteiger partial charge in [-0.2, -0.15) is 0 Å². The summed E-state index contributed by atoms with van der Waals surface area (Å²) >= 11 is 0. The smallest absolute Gasteiger partial charge is 0.143 e. The number of likely N-dealkylation sites (tertiary alicyclic amines) is 1. The number of hydrogen-bond acceptors (Lipinski definition) is 5. The first-order valence-corrected chi connectivity index (χ1v) is 17.5. The van der Waals surface area contributed by atoms with Crippen molar-refractivity contribution in [1.29, 1.82) is 0 Å². The van der Waals surface area contributed by atoms with Gasteiger partial charge >= 0.3 is 0 Å². The van der Waals surface area contributed by atoms with Crippen molar-refractivity contribution in [3.05, 3.63) is 179 Å². The average molecular weight is 656 g/mol. The fourth-order valence-corrected chi connectivity index (χ4v) is 7.38. The lowest BCUT2D eigenvalue weighted by atomic mass is 9.77. The topological polar surface area (TPSA) is 51.2 Å². The lowest BCUT2D eigenvalue weighted by Crippen LogP contribution is -2.50. The monoisotopic (exact) mass is 655 g/mol. The van der Waals surface area contributed by atoms with Crippen molar-refractivity contribution >= 4 is 0 Å². The van der Waals surface area contributed by atoms with Crippen molar-refractivity contribution in [2.75, 3.05) is 40.0 Å². The third-order valence-corrected chi connectivity index (χ3v) is 9.65. The van der Waals surface area contributed by atoms with Crippen LogP contribution in [0.25, 0.3) is 0 Å². The number of aliphatic hydroxyl groups excluding tert-OH is 1. The second-order valence-electron chi connectivity index (χ2n) is 13.4. The quantitative estimate of drug-likeness (QED) is 0.116. The Hall–Kier alpha value is -4.10. The van der Waals surface area contributed by atoms with Gasteiger partial charge in [0.15, 0.2) is 0 Å². The van der Waals surface area contributed by atoms with E-state index in [2.05, 4.69) is 133 Å². The van der Waals surface area contributed by atoms with E-state index >= 15 is 0 Å². The third kappa shape index (κ3) is 8.56. The molecule has 0 bridgehead atoms. The van der Waals surface area contributed by atoms with Crippen LogP contribution in [-0.4, -0.2) is 56.1 Å². The fraction of sp³-hybridized carbons (Fsp3) is 0.318. The van der Waals surface area contributed by atoms with Gasteiger partial charge in [-0.25, -0.2) is 0 Å². The number of rotatable bonds is 15. The number of methoxy groups -OCH3 is 1. The highest BCUT2D eigenvalue weighted by Crippen LogP contribution is 2.43. The molecule has 0 saturated carbocycles. The van der Waals surface area contributed by atoms with Crippen LogP contribution >= 0.6 is 0 Å². The van der Waals surface area contributed by atoms with E-state index in [0.717, 1.165) is 40.9 Å². The van der Waals surface area contributed by atoms with Gasteiger partial charge in [-0.15, -0.1) is 0 Å². The van der Waals surface area contributed by atoms with Crippen molar-refractivity contribution in [3.8, 4) is 0 Å². The summed E-state index contributed by atoms with van der Waals surface area (Å²) in [7, 11) is 1.72. The van der Waals surface area contributed by atoms with Crippen molar-refractivity contribution < 1.29 is 19.3 Å². The van der Waals surface area contributed by atoms with Gasteiger partial charge in [0.1, 0.15) is 5.60 Å². The molecule has 1 heterocycles. The summed E-state index contributed by atoms with van der Waals surface area (Å²) in [5.41, 5.74) is 5.88. The first-order valence-electron chi connectivity index (χ1n) is 17.5. The number of benzene rings is 5. The molecule has 1 saturated heterocycles. The Morgan fingerprint density at radius 2 is 1.20 bits per heavy atom. The van der Waals surface area contributed by atoms with Gasteiger partial charge in [0.2, 0.25) is 0 Å². The maximum atomic E-state index is 11.9. The number of β-amino-alcohol motifs (C(OH)–C–C–N with tert-alkyl or cyclic N) is 1. The van der Waals surface area contributed by atoms with Crippen LogP contribution < -0.4 is 0 Å². The Balaban J connectivity index is 1.32. The normalized spacial score (nSPS) is 19.0. The molecule has 6 rings (SSSR count). The van der Waals surface area contributed by atoms with Crippen LogP contribution in [0, 0.1) is 11.8 Å². The van der Waals surface area contributed by atoms with Crippen LogP contribution in [0.1, 0.15) is 46.2 Å². The zero-order valence-electron chi connectivity index (χ0n) is 28.7. The van der Waals surface area contributed by atoms with Gasteiger partial charge in [0, 0.05) is 44.5 Å². The van der Waals surface area contributed by atoms with Crippen LogP contribution in [0.15, 0.2) is 146 Å². The van der Waals surface area contributed by atoms with Crippen molar-refractivity contribution in [1.82, 2.24) is 4.90 Å². The first kappa shape index (κ1) is 34.8. The zero-order chi connectivity index (χ0) is 33.9. The summed E-state index contributed by atoms with van der Waals surface area (Å²) in [4.78, 5) is 2.38. The number of hydrogen-bond donors (Lipinski definition) is 1. The summed E-state index contributed by atoms with van der Waals surface area (Å²) in [6.07, 6.45) is -0.553. The van der Waals surface area contributed by atoms with Crippen molar-refractivity contribution in [2.45, 2.75) is 37.7 Å². The Morgan fingerprint density at radius 1 is 0.673 bits per heavy atom. The van der Waals surface area contributed by atoms with E-state index in [0.29, 0.717) is 38.9 Å². The standard InChI is InChI=1S/C44H49NO4/c1-34(30-47-2)31-48-32-36-23-25-37(26-24-36)43-38(28-45(29-42(43)46)27-35-15-7-3-8-16-35)33-49-44(39-17-9-4-10-18-39,40-19-11-5-12-20-40)41-21-13-6-14-22-41/h3-26,34,38,42-43,46H,27-33H2,1-2H3/t34?,38-,42-,43-/m0/s1. The molecule has 1 aliphatic rings. The van der Waals surface area contributed by atoms with Gasteiger partial charge in [-0.05, 0) is 33.4 Å². The molecule has 254 valence electrons. The maximum Gasteiger partial charge on any atom is 0.143 e. The second-order valence-corrected chi connectivity index (χ2v) is 13.4. The number of piperidine rings is 1. The number of ether oxygens (including phenoxy) is 3. The van der Waals surface area contributed by atoms with Crippen LogP contribution in [0.3, 0.4) is 0 Å². The van der Waals surface area contributed by atoms with Gasteiger partial charge in [-0.3, -0.25) is 4.90 Å². The van der Waals surface area contributed by atoms with E-state index in [1.807, 2.05) is 24.3 Å². The molecule has 1 aliphatic heterocycles. The van der Waals surface area contributed by atoms with E-state index in [1.54, 1.807) is 7.11 Å². The summed E-state index contributed by atoms with van der Waals surface area (Å²) in [6, 6.07) is 50.7. The Bertz CT molecular complexity index is 1570. The highest BCUT2D eigenvalue weighted by Gasteiger charge is 2.42. The molecule has 1 unspecified atom stereocenters. The van der Waals surface area contributed by atoms with E-state index in [-0.39, 0.29) is 11.8 Å². The molecule has 49 heavy (non-hydrogen) atoms. The molecule has 5 aromatic rings. The summed E-state index contributed by atoms with van der Waals surface area (Å²) < 4.78 is 18.6. The molecule has 0 radical (unpaired) electrons. The molecule has 0 aromatic heterocycles. The number of nitrogens with zero attached hydrogens (tertiary/aromatic N) is 1.